The van der Waals surface area contributed by atoms with Crippen molar-refractivity contribution in [3.63, 3.8) is 0 Å². The number of ether oxygens (including phenoxy) is 1. The van der Waals surface area contributed by atoms with E-state index in [1.807, 2.05) is 0 Å². The summed E-state index contributed by atoms with van der Waals surface area (Å²) in [7, 11) is 0. The van der Waals surface area contributed by atoms with Gasteiger partial charge in [0.15, 0.2) is 0 Å². The van der Waals surface area contributed by atoms with Crippen LogP contribution in [-0.2, 0) is 21.6 Å². The number of primary amides is 1. The van der Waals surface area contributed by atoms with Gasteiger partial charge in [-0.1, -0.05) is 24.3 Å². The number of nitro groups is 1. The number of amides is 2. The van der Waals surface area contributed by atoms with E-state index < -0.39 is 32.8 Å². The number of nitrogens with zero attached hydrogens (tertiary/aromatic N) is 2. The van der Waals surface area contributed by atoms with Crippen LogP contribution < -0.4 is 10.5 Å². The fourth-order valence-electron chi connectivity index (χ4n) is 3.77. The number of nitrogens with two attached hydrogens (primary N) is 1. The van der Waals surface area contributed by atoms with Crippen molar-refractivity contribution in [3.05, 3.63) is 69.8 Å². The normalized spacial score (nSPS) is 24.4. The smallest absolute Gasteiger partial charge is 0.356 e. The van der Waals surface area contributed by atoms with Crippen molar-refractivity contribution in [1.29, 1.82) is 0 Å². The third-order valence-corrected chi connectivity index (χ3v) is 5.90. The minimum Gasteiger partial charge on any atom is -0.489 e. The number of para-hydroxylation sites is 1. The lowest BCUT2D eigenvalue weighted by molar-refractivity contribution is -1.04. The molecule has 3 atom stereocenters. The number of benzene rings is 2. The summed E-state index contributed by atoms with van der Waals surface area (Å²) in [6.45, 7) is 3.28. The molecule has 1 aliphatic rings. The zero-order valence-electron chi connectivity index (χ0n) is 16.8. The van der Waals surface area contributed by atoms with Gasteiger partial charge < -0.3 is 10.5 Å². The highest BCUT2D eigenvalue weighted by Gasteiger charge is 2.60. The number of rotatable bonds is 7. The molecule has 158 valence electrons. The molecule has 3 N–H and O–H groups in total. The fourth-order valence-corrected chi connectivity index (χ4v) is 3.77. The van der Waals surface area contributed by atoms with Crippen molar-refractivity contribution < 1.29 is 29.1 Å². The molecule has 2 aromatic carbocycles. The van der Waals surface area contributed by atoms with Crippen LogP contribution in [-0.4, -0.2) is 39.2 Å². The van der Waals surface area contributed by atoms with E-state index in [0.29, 0.717) is 23.3 Å². The van der Waals surface area contributed by atoms with Crippen LogP contribution in [0.1, 0.15) is 31.4 Å². The topological polar surface area (TPSA) is 133 Å². The summed E-state index contributed by atoms with van der Waals surface area (Å²) in [6.07, 6.45) is 0.358. The highest BCUT2D eigenvalue weighted by atomic mass is 16.6. The Labute approximate surface area is 173 Å². The molecule has 30 heavy (non-hydrogen) atoms. The van der Waals surface area contributed by atoms with Crippen molar-refractivity contribution in [2.75, 3.05) is 6.54 Å². The molecule has 1 fully saturated rings. The van der Waals surface area contributed by atoms with Gasteiger partial charge in [0.05, 0.1) is 10.5 Å². The summed E-state index contributed by atoms with van der Waals surface area (Å²) in [5, 5.41) is 21.8. The SMILES string of the molecule is CC(C(N)=O)[N@+]1(O)CCC(C)(c2ccc(OCc3ccccc3[N+](=O)[O-])cc2)C1=O. The maximum absolute atomic E-state index is 13.0. The molecule has 0 bridgehead atoms. The van der Waals surface area contributed by atoms with Crippen molar-refractivity contribution in [3.8, 4) is 5.75 Å². The summed E-state index contributed by atoms with van der Waals surface area (Å²) >= 11 is 0. The monoisotopic (exact) mass is 414 g/mol. The van der Waals surface area contributed by atoms with E-state index >= 15 is 0 Å². The minimum absolute atomic E-state index is 0.0150. The third kappa shape index (κ3) is 3.64. The Morgan fingerprint density at radius 3 is 2.53 bits per heavy atom. The van der Waals surface area contributed by atoms with Gasteiger partial charge in [-0.3, -0.25) is 14.9 Å². The molecule has 1 saturated heterocycles. The quantitative estimate of drug-likeness (QED) is 0.309. The Kier molecular flexibility index (Phi) is 5.60. The first-order valence-electron chi connectivity index (χ1n) is 9.50. The molecule has 9 nitrogen and oxygen atoms in total. The van der Waals surface area contributed by atoms with E-state index in [9.17, 15) is 24.9 Å². The van der Waals surface area contributed by atoms with Crippen LogP contribution >= 0.6 is 0 Å². The second-order valence-corrected chi connectivity index (χ2v) is 7.71. The van der Waals surface area contributed by atoms with Gasteiger partial charge >= 0.3 is 5.91 Å². The first-order valence-corrected chi connectivity index (χ1v) is 9.50. The molecule has 0 aromatic heterocycles. The highest BCUT2D eigenvalue weighted by Crippen LogP contribution is 2.40. The highest BCUT2D eigenvalue weighted by molar-refractivity contribution is 5.87. The largest absolute Gasteiger partial charge is 0.489 e. The number of carbonyl (C=O) groups is 2. The van der Waals surface area contributed by atoms with E-state index in [1.54, 1.807) is 49.4 Å². The number of hydroxylamine groups is 3. The summed E-state index contributed by atoms with van der Waals surface area (Å²) in [5.74, 6) is -0.738. The number of quaternary nitrogens is 1. The lowest BCUT2D eigenvalue weighted by Gasteiger charge is -2.29. The Morgan fingerprint density at radius 2 is 1.93 bits per heavy atom. The molecule has 1 heterocycles. The van der Waals surface area contributed by atoms with Gasteiger partial charge in [-0.05, 0) is 30.7 Å². The maximum Gasteiger partial charge on any atom is 0.356 e. The van der Waals surface area contributed by atoms with Crippen molar-refractivity contribution in [2.45, 2.75) is 38.3 Å². The fraction of sp³-hybridized carbons (Fsp3) is 0.333. The van der Waals surface area contributed by atoms with Crippen LogP contribution in [0, 0.1) is 10.1 Å². The standard InChI is InChI=1S/C21H23N3O6/c1-14(19(22)25)24(29)12-11-21(2,20(24)26)16-7-9-17(10-8-16)30-13-15-5-3-4-6-18(15)23(27)28/h3-10,14,29H,11-13H2,1-2H3,(H-,22,25)/p+1/t14?,21?,24-/m1/s1. The molecule has 0 saturated carbocycles. The third-order valence-electron chi connectivity index (χ3n) is 5.90. The van der Waals surface area contributed by atoms with Gasteiger partial charge in [0.25, 0.3) is 11.6 Å². The Morgan fingerprint density at radius 1 is 1.30 bits per heavy atom. The van der Waals surface area contributed by atoms with Crippen LogP contribution in [0.5, 0.6) is 5.75 Å². The number of hydrogen-bond donors (Lipinski definition) is 2. The molecular formula is C21H24N3O6+. The number of carbonyl (C=O) groups excluding carboxylic acids is 2. The predicted octanol–water partition coefficient (Wildman–Crippen LogP) is 2.44. The molecule has 0 aliphatic carbocycles. The molecule has 9 heteroatoms. The van der Waals surface area contributed by atoms with Crippen LogP contribution in [0.4, 0.5) is 5.69 Å². The summed E-state index contributed by atoms with van der Waals surface area (Å²) in [4.78, 5) is 35.2. The zero-order valence-corrected chi connectivity index (χ0v) is 16.8. The van der Waals surface area contributed by atoms with E-state index in [1.165, 1.54) is 13.0 Å². The molecule has 2 unspecified atom stereocenters. The second-order valence-electron chi connectivity index (χ2n) is 7.71. The number of likely N-dealkylation sites (tertiary alicyclic amines) is 1. The van der Waals surface area contributed by atoms with Crippen LogP contribution in [0.15, 0.2) is 48.5 Å². The van der Waals surface area contributed by atoms with Gasteiger partial charge in [-0.2, -0.15) is 0 Å². The number of hydrogen-bond acceptors (Lipinski definition) is 6. The van der Waals surface area contributed by atoms with Crippen molar-refractivity contribution in [2.24, 2.45) is 5.73 Å². The van der Waals surface area contributed by atoms with Gasteiger partial charge in [0.1, 0.15) is 24.3 Å². The summed E-state index contributed by atoms with van der Waals surface area (Å²) in [5.41, 5.74) is 5.43. The molecule has 2 amide bonds. The van der Waals surface area contributed by atoms with Crippen LogP contribution in [0.25, 0.3) is 0 Å². The average molecular weight is 414 g/mol. The summed E-state index contributed by atoms with van der Waals surface area (Å²) < 4.78 is 4.65. The molecule has 2 aromatic rings. The van der Waals surface area contributed by atoms with E-state index in [4.69, 9.17) is 10.5 Å². The molecule has 3 rings (SSSR count). The Bertz CT molecular complexity index is 992. The van der Waals surface area contributed by atoms with Gasteiger partial charge in [-0.15, -0.1) is 4.65 Å². The Balaban J connectivity index is 1.76. The minimum atomic E-state index is -1.04. The first kappa shape index (κ1) is 21.4. The first-order chi connectivity index (χ1) is 14.1. The maximum atomic E-state index is 13.0. The Hall–Kier alpha value is -3.30. The van der Waals surface area contributed by atoms with Crippen molar-refractivity contribution in [1.82, 2.24) is 0 Å². The van der Waals surface area contributed by atoms with Crippen LogP contribution in [0.2, 0.25) is 0 Å². The second kappa shape index (κ2) is 7.85. The number of nitro benzene ring substituents is 1. The molecule has 1 aliphatic heterocycles. The van der Waals surface area contributed by atoms with Gasteiger partial charge in [-0.25, -0.2) is 10.0 Å². The molecule has 0 spiro atoms. The van der Waals surface area contributed by atoms with Gasteiger partial charge in [0.2, 0.25) is 6.04 Å². The summed E-state index contributed by atoms with van der Waals surface area (Å²) in [6, 6.07) is 12.1. The molecule has 0 radical (unpaired) electrons. The van der Waals surface area contributed by atoms with Crippen LogP contribution in [0.3, 0.4) is 0 Å². The lowest BCUT2D eigenvalue weighted by atomic mass is 9.81. The van der Waals surface area contributed by atoms with E-state index in [2.05, 4.69) is 0 Å². The molecular weight excluding hydrogens is 390 g/mol. The predicted molar refractivity (Wildman–Crippen MR) is 106 cm³/mol. The van der Waals surface area contributed by atoms with E-state index in [0.717, 1.165) is 0 Å². The van der Waals surface area contributed by atoms with Gasteiger partial charge in [0, 0.05) is 19.4 Å². The lowest BCUT2D eigenvalue weighted by Crippen LogP contribution is -2.59. The zero-order chi connectivity index (χ0) is 22.1. The van der Waals surface area contributed by atoms with Crippen molar-refractivity contribution >= 4 is 17.5 Å². The van der Waals surface area contributed by atoms with E-state index in [-0.39, 0.29) is 18.8 Å². The average Bonchev–Trinajstić information content (AvgIpc) is 2.98.